The smallest absolute Gasteiger partial charge is 0.168 e. The number of aliphatic hydroxyl groups excluding tert-OH is 2. The highest BCUT2D eigenvalue weighted by molar-refractivity contribution is 5.47. The molecule has 1 aliphatic rings. The maximum atomic E-state index is 10.7. The van der Waals surface area contributed by atoms with Crippen molar-refractivity contribution in [2.24, 2.45) is 11.8 Å². The minimum absolute atomic E-state index is 0.187. The largest absolute Gasteiger partial charge is 0.496 e. The van der Waals surface area contributed by atoms with Crippen LogP contribution in [0, 0.1) is 38.9 Å². The van der Waals surface area contributed by atoms with Gasteiger partial charge in [0.05, 0.1) is 40.6 Å². The molecule has 4 aromatic carbocycles. The molecule has 0 spiro atoms. The summed E-state index contributed by atoms with van der Waals surface area (Å²) in [4.78, 5) is 0. The first kappa shape index (κ1) is 35.9. The fourth-order valence-corrected chi connectivity index (χ4v) is 6.24. The molecular formula is C40H46O9. The maximum Gasteiger partial charge on any atom is 0.168 e. The Kier molecular flexibility index (Phi) is 11.6. The normalized spacial score (nSPS) is 20.0. The van der Waals surface area contributed by atoms with Gasteiger partial charge in [0.2, 0.25) is 0 Å². The molecule has 1 unspecified atom stereocenters. The molecule has 1 heterocycles. The van der Waals surface area contributed by atoms with Crippen LogP contribution in [0.15, 0.2) is 72.8 Å². The lowest BCUT2D eigenvalue weighted by atomic mass is 9.85. The molecule has 0 amide bonds. The Labute approximate surface area is 289 Å². The van der Waals surface area contributed by atoms with E-state index < -0.39 is 12.2 Å². The van der Waals surface area contributed by atoms with Crippen LogP contribution in [0.25, 0.3) is 0 Å². The lowest BCUT2D eigenvalue weighted by Gasteiger charge is -2.20. The fraction of sp³-hybridized carbons (Fsp3) is 0.350. The number of hydrogen-bond acceptors (Lipinski definition) is 9. The molecule has 0 bridgehead atoms. The van der Waals surface area contributed by atoms with Crippen LogP contribution in [0.3, 0.4) is 0 Å². The van der Waals surface area contributed by atoms with Crippen molar-refractivity contribution in [2.45, 2.75) is 52.1 Å². The van der Waals surface area contributed by atoms with Gasteiger partial charge >= 0.3 is 0 Å². The van der Waals surface area contributed by atoms with E-state index in [-0.39, 0.29) is 24.0 Å². The Balaban J connectivity index is 1.25. The molecule has 49 heavy (non-hydrogen) atoms. The Morgan fingerprint density at radius 2 is 0.898 bits per heavy atom. The van der Waals surface area contributed by atoms with Crippen molar-refractivity contribution in [3.05, 3.63) is 119 Å². The van der Waals surface area contributed by atoms with Gasteiger partial charge in [-0.1, -0.05) is 38.1 Å². The summed E-state index contributed by atoms with van der Waals surface area (Å²) in [5, 5.41) is 21.5. The van der Waals surface area contributed by atoms with Crippen LogP contribution >= 0.6 is 0 Å². The lowest BCUT2D eigenvalue weighted by Crippen LogP contribution is -2.10. The van der Waals surface area contributed by atoms with Gasteiger partial charge in [-0.3, -0.25) is 0 Å². The molecular weight excluding hydrogens is 624 g/mol. The Morgan fingerprint density at radius 1 is 0.531 bits per heavy atom. The summed E-state index contributed by atoms with van der Waals surface area (Å²) in [6, 6.07) is 22.4. The summed E-state index contributed by atoms with van der Waals surface area (Å²) < 4.78 is 40.5. The monoisotopic (exact) mass is 670 g/mol. The highest BCUT2D eigenvalue weighted by atomic mass is 16.5. The number of ether oxygens (including phenoxy) is 7. The van der Waals surface area contributed by atoms with Gasteiger partial charge in [-0.25, -0.2) is 0 Å². The SMILES string of the molecule is COc1ccc([C@@H](O)[CH]Oc2ccc(C3O[C@H](c4ccc(O[CH][C@H](O)c5ccc(OC)c(C)c5)c(OC)c4)[C@H](C)[C@H]3C)cc2OC)cc1C. The number of benzene rings is 4. The molecule has 0 aromatic heterocycles. The van der Waals surface area contributed by atoms with Crippen molar-refractivity contribution in [3.63, 3.8) is 0 Å². The third kappa shape index (κ3) is 7.90. The number of hydrogen-bond donors (Lipinski definition) is 2. The number of methoxy groups -OCH3 is 4. The topological polar surface area (TPSA) is 105 Å². The molecule has 2 radical (unpaired) electrons. The first-order chi connectivity index (χ1) is 23.6. The zero-order chi connectivity index (χ0) is 35.2. The first-order valence-electron chi connectivity index (χ1n) is 16.2. The van der Waals surface area contributed by atoms with E-state index in [4.69, 9.17) is 33.2 Å². The summed E-state index contributed by atoms with van der Waals surface area (Å²) in [6.07, 6.45) is -2.28. The van der Waals surface area contributed by atoms with Crippen LogP contribution in [-0.4, -0.2) is 38.7 Å². The van der Waals surface area contributed by atoms with Gasteiger partial charge in [0.15, 0.2) is 36.2 Å². The summed E-state index contributed by atoms with van der Waals surface area (Å²) in [6.45, 7) is 11.0. The highest BCUT2D eigenvalue weighted by Crippen LogP contribution is 2.51. The van der Waals surface area contributed by atoms with Gasteiger partial charge in [-0.2, -0.15) is 0 Å². The molecule has 6 atom stereocenters. The molecule has 9 heteroatoms. The van der Waals surface area contributed by atoms with E-state index in [1.165, 1.54) is 13.2 Å². The predicted octanol–water partition coefficient (Wildman–Crippen LogP) is 7.97. The van der Waals surface area contributed by atoms with E-state index in [9.17, 15) is 10.2 Å². The second-order valence-electron chi connectivity index (χ2n) is 12.4. The third-order valence-corrected chi connectivity index (χ3v) is 9.28. The lowest BCUT2D eigenvalue weighted by molar-refractivity contribution is 0.0287. The van der Waals surface area contributed by atoms with Gasteiger partial charge in [0.1, 0.15) is 23.7 Å². The molecule has 4 aromatic rings. The van der Waals surface area contributed by atoms with Gasteiger partial charge in [0.25, 0.3) is 0 Å². The van der Waals surface area contributed by atoms with E-state index in [0.717, 1.165) is 33.8 Å². The van der Waals surface area contributed by atoms with E-state index in [0.29, 0.717) is 34.1 Å². The van der Waals surface area contributed by atoms with Gasteiger partial charge in [-0.15, -0.1) is 0 Å². The zero-order valence-electron chi connectivity index (χ0n) is 29.3. The third-order valence-electron chi connectivity index (χ3n) is 9.28. The van der Waals surface area contributed by atoms with Crippen molar-refractivity contribution < 1.29 is 43.4 Å². The van der Waals surface area contributed by atoms with Crippen LogP contribution in [-0.2, 0) is 4.74 Å². The molecule has 1 saturated heterocycles. The number of rotatable bonds is 14. The summed E-state index contributed by atoms with van der Waals surface area (Å²) in [7, 11) is 6.41. The highest BCUT2D eigenvalue weighted by Gasteiger charge is 2.41. The zero-order valence-corrected chi connectivity index (χ0v) is 29.3. The van der Waals surface area contributed by atoms with Gasteiger partial charge in [-0.05, 0) is 108 Å². The number of aliphatic hydroxyl groups is 2. The maximum absolute atomic E-state index is 10.7. The van der Waals surface area contributed by atoms with E-state index in [1.807, 2.05) is 74.5 Å². The second kappa shape index (κ2) is 15.8. The summed E-state index contributed by atoms with van der Waals surface area (Å²) >= 11 is 0. The van der Waals surface area contributed by atoms with Crippen molar-refractivity contribution in [2.75, 3.05) is 28.4 Å². The molecule has 1 fully saturated rings. The Bertz CT molecular complexity index is 1600. The average Bonchev–Trinajstić information content (AvgIpc) is 3.42. The summed E-state index contributed by atoms with van der Waals surface area (Å²) in [5.74, 6) is 3.91. The van der Waals surface area contributed by atoms with Gasteiger partial charge in [0, 0.05) is 0 Å². The molecule has 1 aliphatic heterocycles. The summed E-state index contributed by atoms with van der Waals surface area (Å²) in [5.41, 5.74) is 5.15. The molecule has 260 valence electrons. The second-order valence-corrected chi connectivity index (χ2v) is 12.4. The van der Waals surface area contributed by atoms with Crippen LogP contribution in [0.1, 0.15) is 71.6 Å². The van der Waals surface area contributed by atoms with E-state index in [2.05, 4.69) is 13.8 Å². The average molecular weight is 671 g/mol. The molecule has 0 saturated carbocycles. The predicted molar refractivity (Wildman–Crippen MR) is 186 cm³/mol. The number of aryl methyl sites for hydroxylation is 2. The fourth-order valence-electron chi connectivity index (χ4n) is 6.24. The molecule has 5 rings (SSSR count). The quantitative estimate of drug-likeness (QED) is 0.138. The van der Waals surface area contributed by atoms with Crippen molar-refractivity contribution >= 4 is 0 Å². The first-order valence-corrected chi connectivity index (χ1v) is 16.2. The van der Waals surface area contributed by atoms with Crippen molar-refractivity contribution in [3.8, 4) is 34.5 Å². The minimum atomic E-state index is -0.941. The Hall–Kier alpha value is -4.44. The minimum Gasteiger partial charge on any atom is -0.496 e. The van der Waals surface area contributed by atoms with Crippen molar-refractivity contribution in [1.82, 2.24) is 0 Å². The molecule has 0 aliphatic carbocycles. The molecule has 2 N–H and O–H groups in total. The van der Waals surface area contributed by atoms with Crippen molar-refractivity contribution in [1.29, 1.82) is 0 Å². The Morgan fingerprint density at radius 3 is 1.24 bits per heavy atom. The van der Waals surface area contributed by atoms with Crippen LogP contribution < -0.4 is 28.4 Å². The van der Waals surface area contributed by atoms with Crippen LogP contribution in [0.4, 0.5) is 0 Å². The van der Waals surface area contributed by atoms with Gasteiger partial charge < -0.3 is 43.4 Å². The molecule has 9 nitrogen and oxygen atoms in total. The van der Waals surface area contributed by atoms with E-state index in [1.54, 1.807) is 40.6 Å². The van der Waals surface area contributed by atoms with Crippen LogP contribution in [0.5, 0.6) is 34.5 Å². The van der Waals surface area contributed by atoms with E-state index >= 15 is 0 Å². The standard InChI is InChI=1S/C40H46O9/c1-23-17-27(9-13-33(23)43-5)31(41)21-47-35-15-11-29(19-37(35)45-7)39-25(3)26(4)40(49-39)30-12-16-36(38(20-30)46-8)48-22-32(42)28-10-14-34(44-6)24(2)18-28/h9-22,25-26,31-32,39-42H,1-8H3/t25-,26-,31+,32+,39+,40?/m1/s1. The van der Waals surface area contributed by atoms with Crippen LogP contribution in [0.2, 0.25) is 0 Å².